The minimum Gasteiger partial charge on any atom is -0.480 e. The molecule has 2 aromatic heterocycles. The fourth-order valence-electron chi connectivity index (χ4n) is 1.77. The van der Waals surface area contributed by atoms with Gasteiger partial charge in [-0.1, -0.05) is 24.3 Å². The first-order valence-corrected chi connectivity index (χ1v) is 6.08. The van der Waals surface area contributed by atoms with Crippen molar-refractivity contribution in [1.82, 2.24) is 20.2 Å². The van der Waals surface area contributed by atoms with Gasteiger partial charge < -0.3 is 5.11 Å². The van der Waals surface area contributed by atoms with Crippen molar-refractivity contribution in [3.8, 4) is 10.7 Å². The molecule has 0 unspecified atom stereocenters. The van der Waals surface area contributed by atoms with E-state index in [1.165, 1.54) is 16.0 Å². The minimum absolute atomic E-state index is 0.242. The van der Waals surface area contributed by atoms with Crippen LogP contribution in [0.3, 0.4) is 0 Å². The van der Waals surface area contributed by atoms with E-state index in [9.17, 15) is 4.79 Å². The van der Waals surface area contributed by atoms with Crippen LogP contribution in [0.2, 0.25) is 0 Å². The van der Waals surface area contributed by atoms with Crippen molar-refractivity contribution in [3.63, 3.8) is 0 Å². The smallest absolute Gasteiger partial charge is 0.325 e. The van der Waals surface area contributed by atoms with Crippen LogP contribution in [0.5, 0.6) is 0 Å². The molecule has 0 aliphatic rings. The summed E-state index contributed by atoms with van der Waals surface area (Å²) in [7, 11) is 0. The SMILES string of the molecule is O=C(O)Cn1nnnc1-c1scc2ccccc12. The molecule has 3 aromatic rings. The summed E-state index contributed by atoms with van der Waals surface area (Å²) in [6.45, 7) is -0.242. The molecular weight excluding hydrogens is 252 g/mol. The van der Waals surface area contributed by atoms with E-state index in [-0.39, 0.29) is 6.54 Å². The van der Waals surface area contributed by atoms with E-state index in [1.807, 2.05) is 29.6 Å². The standard InChI is InChI=1S/C11H8N4O2S/c16-9(17)5-15-11(12-13-14-15)10-8-4-2-1-3-7(8)6-18-10/h1-4,6H,5H2,(H,16,17). The molecule has 0 bridgehead atoms. The third kappa shape index (κ3) is 1.74. The van der Waals surface area contributed by atoms with Crippen LogP contribution in [0.1, 0.15) is 0 Å². The summed E-state index contributed by atoms with van der Waals surface area (Å²) < 4.78 is 1.29. The molecule has 1 N–H and O–H groups in total. The maximum atomic E-state index is 10.7. The number of hydrogen-bond acceptors (Lipinski definition) is 5. The van der Waals surface area contributed by atoms with Crippen molar-refractivity contribution in [3.05, 3.63) is 29.6 Å². The molecule has 0 spiro atoms. The fourth-order valence-corrected chi connectivity index (χ4v) is 2.78. The van der Waals surface area contributed by atoms with Crippen molar-refractivity contribution >= 4 is 28.1 Å². The second kappa shape index (κ2) is 4.19. The Morgan fingerprint density at radius 1 is 1.39 bits per heavy atom. The van der Waals surface area contributed by atoms with E-state index in [0.29, 0.717) is 5.82 Å². The van der Waals surface area contributed by atoms with Crippen molar-refractivity contribution in [2.24, 2.45) is 0 Å². The van der Waals surface area contributed by atoms with Gasteiger partial charge in [-0.05, 0) is 21.2 Å². The Morgan fingerprint density at radius 2 is 2.22 bits per heavy atom. The molecule has 2 heterocycles. The Balaban J connectivity index is 2.15. The first-order chi connectivity index (χ1) is 8.75. The summed E-state index contributed by atoms with van der Waals surface area (Å²) in [5.41, 5.74) is 0. The van der Waals surface area contributed by atoms with Gasteiger partial charge >= 0.3 is 5.97 Å². The summed E-state index contributed by atoms with van der Waals surface area (Å²) in [6.07, 6.45) is 0. The van der Waals surface area contributed by atoms with E-state index in [0.717, 1.165) is 15.6 Å². The largest absolute Gasteiger partial charge is 0.480 e. The van der Waals surface area contributed by atoms with E-state index in [2.05, 4.69) is 15.5 Å². The zero-order chi connectivity index (χ0) is 12.5. The third-order valence-electron chi connectivity index (χ3n) is 2.53. The molecule has 0 saturated carbocycles. The second-order valence-corrected chi connectivity index (χ2v) is 4.59. The number of thiophene rings is 1. The van der Waals surface area contributed by atoms with Crippen LogP contribution in [0, 0.1) is 0 Å². The number of benzene rings is 1. The number of carbonyl (C=O) groups is 1. The molecule has 0 aliphatic heterocycles. The number of aliphatic carboxylic acids is 1. The lowest BCUT2D eigenvalue weighted by Crippen LogP contribution is -2.11. The highest BCUT2D eigenvalue weighted by Gasteiger charge is 2.15. The van der Waals surface area contributed by atoms with Crippen LogP contribution in [0.4, 0.5) is 0 Å². The summed E-state index contributed by atoms with van der Waals surface area (Å²) in [5, 5.41) is 24.1. The molecule has 6 nitrogen and oxygen atoms in total. The average molecular weight is 260 g/mol. The van der Waals surface area contributed by atoms with Crippen LogP contribution in [-0.2, 0) is 11.3 Å². The third-order valence-corrected chi connectivity index (χ3v) is 3.54. The number of carboxylic acids is 1. The highest BCUT2D eigenvalue weighted by atomic mass is 32.1. The first-order valence-electron chi connectivity index (χ1n) is 5.20. The Morgan fingerprint density at radius 3 is 3.06 bits per heavy atom. The van der Waals surface area contributed by atoms with E-state index >= 15 is 0 Å². The predicted molar refractivity (Wildman–Crippen MR) is 66.3 cm³/mol. The Hall–Kier alpha value is -2.28. The Bertz CT molecular complexity index is 718. The van der Waals surface area contributed by atoms with Crippen LogP contribution in [0.15, 0.2) is 29.6 Å². The molecule has 7 heteroatoms. The summed E-state index contributed by atoms with van der Waals surface area (Å²) >= 11 is 1.51. The van der Waals surface area contributed by atoms with Gasteiger partial charge in [0.1, 0.15) is 6.54 Å². The Labute approximate surface area is 105 Å². The fraction of sp³-hybridized carbons (Fsp3) is 0.0909. The normalized spacial score (nSPS) is 10.9. The van der Waals surface area contributed by atoms with E-state index in [4.69, 9.17) is 5.11 Å². The van der Waals surface area contributed by atoms with Crippen LogP contribution >= 0.6 is 11.3 Å². The molecular formula is C11H8N4O2S. The molecule has 0 saturated heterocycles. The molecule has 0 fully saturated rings. The van der Waals surface area contributed by atoms with Crippen LogP contribution in [-0.4, -0.2) is 31.3 Å². The van der Waals surface area contributed by atoms with Gasteiger partial charge in [-0.2, -0.15) is 0 Å². The van der Waals surface area contributed by atoms with Crippen molar-refractivity contribution < 1.29 is 9.90 Å². The molecule has 0 amide bonds. The molecule has 3 rings (SSSR count). The second-order valence-electron chi connectivity index (χ2n) is 3.71. The number of carboxylic acid groups (broad SMARTS) is 1. The quantitative estimate of drug-likeness (QED) is 0.774. The number of aromatic nitrogens is 4. The highest BCUT2D eigenvalue weighted by Crippen LogP contribution is 2.33. The van der Waals surface area contributed by atoms with Gasteiger partial charge in [0.2, 0.25) is 0 Å². The molecule has 0 atom stereocenters. The topological polar surface area (TPSA) is 80.9 Å². The van der Waals surface area contributed by atoms with Gasteiger partial charge in [-0.3, -0.25) is 4.79 Å². The molecule has 0 radical (unpaired) electrons. The van der Waals surface area contributed by atoms with Gasteiger partial charge in [-0.15, -0.1) is 16.4 Å². The number of rotatable bonds is 3. The number of hydrogen-bond donors (Lipinski definition) is 1. The van der Waals surface area contributed by atoms with Crippen molar-refractivity contribution in [2.75, 3.05) is 0 Å². The van der Waals surface area contributed by atoms with Gasteiger partial charge in [0.05, 0.1) is 4.88 Å². The molecule has 90 valence electrons. The van der Waals surface area contributed by atoms with Crippen molar-refractivity contribution in [2.45, 2.75) is 6.54 Å². The van der Waals surface area contributed by atoms with Gasteiger partial charge in [-0.25, -0.2) is 4.68 Å². The summed E-state index contributed by atoms with van der Waals surface area (Å²) in [6, 6.07) is 7.87. The average Bonchev–Trinajstić information content (AvgIpc) is 2.94. The monoisotopic (exact) mass is 260 g/mol. The molecule has 0 aliphatic carbocycles. The minimum atomic E-state index is -0.968. The maximum Gasteiger partial charge on any atom is 0.325 e. The molecule has 1 aromatic carbocycles. The van der Waals surface area contributed by atoms with Crippen LogP contribution in [0.25, 0.3) is 21.5 Å². The zero-order valence-corrected chi connectivity index (χ0v) is 9.96. The number of tetrazole rings is 1. The lowest BCUT2D eigenvalue weighted by Gasteiger charge is -1.99. The molecule has 18 heavy (non-hydrogen) atoms. The zero-order valence-electron chi connectivity index (χ0n) is 9.15. The lowest BCUT2D eigenvalue weighted by molar-refractivity contribution is -0.137. The van der Waals surface area contributed by atoms with Crippen molar-refractivity contribution in [1.29, 1.82) is 0 Å². The Kier molecular flexibility index (Phi) is 2.52. The van der Waals surface area contributed by atoms with E-state index in [1.54, 1.807) is 0 Å². The predicted octanol–water partition coefficient (Wildman–Crippen LogP) is 1.64. The van der Waals surface area contributed by atoms with E-state index < -0.39 is 5.97 Å². The number of nitrogens with zero attached hydrogens (tertiary/aromatic N) is 4. The summed E-state index contributed by atoms with van der Waals surface area (Å²) in [5.74, 6) is -0.479. The van der Waals surface area contributed by atoms with Crippen LogP contribution < -0.4 is 0 Å². The van der Waals surface area contributed by atoms with Gasteiger partial charge in [0.15, 0.2) is 5.82 Å². The highest BCUT2D eigenvalue weighted by molar-refractivity contribution is 7.15. The summed E-state index contributed by atoms with van der Waals surface area (Å²) in [4.78, 5) is 11.6. The number of fused-ring (bicyclic) bond motifs is 1. The van der Waals surface area contributed by atoms with Gasteiger partial charge in [0, 0.05) is 5.39 Å². The maximum absolute atomic E-state index is 10.7. The first kappa shape index (κ1) is 10.8. The van der Waals surface area contributed by atoms with Gasteiger partial charge in [0.25, 0.3) is 0 Å². The lowest BCUT2D eigenvalue weighted by atomic mass is 10.2.